The van der Waals surface area contributed by atoms with Crippen molar-refractivity contribution < 1.29 is 18.7 Å². The molecule has 0 fully saturated rings. The average Bonchev–Trinajstić information content (AvgIpc) is 3.15. The molecule has 27 heavy (non-hydrogen) atoms. The fourth-order valence-corrected chi connectivity index (χ4v) is 4.06. The third-order valence-corrected chi connectivity index (χ3v) is 5.80. The van der Waals surface area contributed by atoms with Crippen LogP contribution in [0.5, 0.6) is 5.75 Å². The van der Waals surface area contributed by atoms with Crippen LogP contribution in [0.4, 0.5) is 4.39 Å². The maximum Gasteiger partial charge on any atom is 0.343 e. The zero-order valence-corrected chi connectivity index (χ0v) is 16.4. The summed E-state index contributed by atoms with van der Waals surface area (Å²) >= 11 is 3.13. The molecule has 0 aliphatic carbocycles. The molecule has 5 nitrogen and oxygen atoms in total. The molecule has 0 atom stereocenters. The average molecular weight is 404 g/mol. The van der Waals surface area contributed by atoms with Crippen LogP contribution < -0.4 is 4.74 Å². The molecule has 0 aliphatic heterocycles. The fraction of sp³-hybridized carbons (Fsp3) is 0.211. The summed E-state index contributed by atoms with van der Waals surface area (Å²) in [5.74, 6) is 0.648. The predicted octanol–water partition coefficient (Wildman–Crippen LogP) is 4.50. The van der Waals surface area contributed by atoms with Gasteiger partial charge in [-0.05, 0) is 55.0 Å². The van der Waals surface area contributed by atoms with Crippen molar-refractivity contribution in [2.24, 2.45) is 0 Å². The summed E-state index contributed by atoms with van der Waals surface area (Å²) in [5.41, 5.74) is 1.79. The molecule has 0 unspecified atom stereocenters. The highest BCUT2D eigenvalue weighted by Crippen LogP contribution is 2.31. The summed E-state index contributed by atoms with van der Waals surface area (Å²) in [6, 6.07) is 12.0. The largest absolute Gasteiger partial charge is 0.482 e. The molecule has 0 radical (unpaired) electrons. The first-order valence-electron chi connectivity index (χ1n) is 8.06. The van der Waals surface area contributed by atoms with Crippen molar-refractivity contribution in [1.82, 2.24) is 10.2 Å². The zero-order chi connectivity index (χ0) is 19.2. The van der Waals surface area contributed by atoms with Gasteiger partial charge >= 0.3 is 5.97 Å². The number of benzene rings is 2. The standard InChI is InChI=1S/C19H17FN2O3S2/c1-12-9-15(7-8-16(12)25-10-18(23)24-2)26-11-17-21-22-19(27-17)13-3-5-14(20)6-4-13/h3-9H,10-11H2,1-2H3. The number of halogens is 1. The van der Waals surface area contributed by atoms with Gasteiger partial charge in [0, 0.05) is 10.5 Å². The summed E-state index contributed by atoms with van der Waals surface area (Å²) in [4.78, 5) is 12.2. The van der Waals surface area contributed by atoms with Gasteiger partial charge in [0.15, 0.2) is 6.61 Å². The minimum Gasteiger partial charge on any atom is -0.482 e. The van der Waals surface area contributed by atoms with E-state index in [2.05, 4.69) is 14.9 Å². The van der Waals surface area contributed by atoms with Gasteiger partial charge in [0.1, 0.15) is 21.6 Å². The van der Waals surface area contributed by atoms with Crippen LogP contribution in [0.3, 0.4) is 0 Å². The lowest BCUT2D eigenvalue weighted by Gasteiger charge is -2.09. The van der Waals surface area contributed by atoms with E-state index in [-0.39, 0.29) is 12.4 Å². The van der Waals surface area contributed by atoms with Crippen LogP contribution in [0.25, 0.3) is 10.6 Å². The molecule has 0 N–H and O–H groups in total. The van der Waals surface area contributed by atoms with Crippen LogP contribution >= 0.6 is 23.1 Å². The number of esters is 1. The lowest BCUT2D eigenvalue weighted by molar-refractivity contribution is -0.142. The van der Waals surface area contributed by atoms with Crippen molar-refractivity contribution in [3.63, 3.8) is 0 Å². The molecule has 0 bridgehead atoms. The topological polar surface area (TPSA) is 61.3 Å². The highest BCUT2D eigenvalue weighted by atomic mass is 32.2. The number of hydrogen-bond donors (Lipinski definition) is 0. The Hall–Kier alpha value is -2.45. The van der Waals surface area contributed by atoms with Crippen molar-refractivity contribution >= 4 is 29.1 Å². The van der Waals surface area contributed by atoms with Crippen LogP contribution in [0.1, 0.15) is 10.6 Å². The van der Waals surface area contributed by atoms with E-state index in [9.17, 15) is 9.18 Å². The van der Waals surface area contributed by atoms with E-state index in [1.54, 1.807) is 23.9 Å². The minimum absolute atomic E-state index is 0.110. The highest BCUT2D eigenvalue weighted by Gasteiger charge is 2.09. The summed E-state index contributed by atoms with van der Waals surface area (Å²) < 4.78 is 23.0. The van der Waals surface area contributed by atoms with E-state index < -0.39 is 5.97 Å². The first-order chi connectivity index (χ1) is 13.0. The maximum atomic E-state index is 13.0. The van der Waals surface area contributed by atoms with Gasteiger partial charge < -0.3 is 9.47 Å². The molecule has 2 aromatic carbocycles. The third kappa shape index (κ3) is 5.27. The van der Waals surface area contributed by atoms with Crippen LogP contribution in [-0.4, -0.2) is 29.9 Å². The van der Waals surface area contributed by atoms with Crippen molar-refractivity contribution in [3.8, 4) is 16.3 Å². The van der Waals surface area contributed by atoms with Crippen molar-refractivity contribution in [2.45, 2.75) is 17.6 Å². The molecule has 1 heterocycles. The van der Waals surface area contributed by atoms with E-state index in [1.165, 1.54) is 30.6 Å². The van der Waals surface area contributed by atoms with Crippen LogP contribution in [0, 0.1) is 12.7 Å². The third-order valence-electron chi connectivity index (χ3n) is 3.64. The second-order valence-corrected chi connectivity index (χ2v) is 7.70. The second-order valence-electron chi connectivity index (χ2n) is 5.59. The molecule has 0 spiro atoms. The van der Waals surface area contributed by atoms with E-state index in [0.717, 1.165) is 26.0 Å². The van der Waals surface area contributed by atoms with Gasteiger partial charge in [-0.15, -0.1) is 22.0 Å². The summed E-state index contributed by atoms with van der Waals surface area (Å²) in [7, 11) is 1.33. The molecule has 8 heteroatoms. The molecule has 0 amide bonds. The zero-order valence-electron chi connectivity index (χ0n) is 14.8. The number of carbonyl (C=O) groups is 1. The molecule has 3 aromatic rings. The van der Waals surface area contributed by atoms with Crippen molar-refractivity contribution in [2.75, 3.05) is 13.7 Å². The van der Waals surface area contributed by atoms with Crippen molar-refractivity contribution in [1.29, 1.82) is 0 Å². The Morgan fingerprint density at radius 2 is 1.96 bits per heavy atom. The normalized spacial score (nSPS) is 10.6. The number of hydrogen-bond acceptors (Lipinski definition) is 7. The first-order valence-corrected chi connectivity index (χ1v) is 9.87. The number of nitrogens with zero attached hydrogens (tertiary/aromatic N) is 2. The molecule has 140 valence electrons. The molecule has 3 rings (SSSR count). The Bertz CT molecular complexity index is 929. The lowest BCUT2D eigenvalue weighted by Crippen LogP contribution is -2.12. The van der Waals surface area contributed by atoms with Gasteiger partial charge in [-0.2, -0.15) is 0 Å². The van der Waals surface area contributed by atoms with Crippen LogP contribution in [0.15, 0.2) is 47.4 Å². The maximum absolute atomic E-state index is 13.0. The van der Waals surface area contributed by atoms with E-state index in [4.69, 9.17) is 4.74 Å². The Morgan fingerprint density at radius 3 is 2.67 bits per heavy atom. The van der Waals surface area contributed by atoms with Gasteiger partial charge in [0.05, 0.1) is 12.9 Å². The first kappa shape index (κ1) is 19.3. The van der Waals surface area contributed by atoms with E-state index >= 15 is 0 Å². The van der Waals surface area contributed by atoms with Crippen LogP contribution in [-0.2, 0) is 15.3 Å². The summed E-state index contributed by atoms with van der Waals surface area (Å²) in [5, 5.41) is 10.0. The molecule has 0 aliphatic rings. The number of aromatic nitrogens is 2. The van der Waals surface area contributed by atoms with Gasteiger partial charge in [-0.25, -0.2) is 9.18 Å². The SMILES string of the molecule is COC(=O)COc1ccc(SCc2nnc(-c3ccc(F)cc3)s2)cc1C. The molecule has 1 aromatic heterocycles. The number of carbonyl (C=O) groups excluding carboxylic acids is 1. The Labute approximate surface area is 164 Å². The summed E-state index contributed by atoms with van der Waals surface area (Å²) in [6.07, 6.45) is 0. The van der Waals surface area contributed by atoms with E-state index in [0.29, 0.717) is 11.5 Å². The quantitative estimate of drug-likeness (QED) is 0.427. The number of rotatable bonds is 7. The number of ether oxygens (including phenoxy) is 2. The van der Waals surface area contributed by atoms with Gasteiger partial charge in [-0.3, -0.25) is 0 Å². The van der Waals surface area contributed by atoms with Crippen molar-refractivity contribution in [3.05, 3.63) is 58.9 Å². The van der Waals surface area contributed by atoms with Gasteiger partial charge in [0.25, 0.3) is 0 Å². The molecule has 0 saturated heterocycles. The highest BCUT2D eigenvalue weighted by molar-refractivity contribution is 7.98. The Morgan fingerprint density at radius 1 is 1.19 bits per heavy atom. The van der Waals surface area contributed by atoms with E-state index in [1.807, 2.05) is 25.1 Å². The minimum atomic E-state index is -0.416. The monoisotopic (exact) mass is 404 g/mol. The predicted molar refractivity (Wildman–Crippen MR) is 104 cm³/mol. The fourth-order valence-electron chi connectivity index (χ4n) is 2.24. The van der Waals surface area contributed by atoms with Gasteiger partial charge in [0.2, 0.25) is 0 Å². The smallest absolute Gasteiger partial charge is 0.343 e. The number of thioether (sulfide) groups is 1. The molecular weight excluding hydrogens is 387 g/mol. The number of methoxy groups -OCH3 is 1. The molecular formula is C19H17FN2O3S2. The van der Waals surface area contributed by atoms with Crippen LogP contribution in [0.2, 0.25) is 0 Å². The Kier molecular flexibility index (Phi) is 6.41. The van der Waals surface area contributed by atoms with Gasteiger partial charge in [-0.1, -0.05) is 11.3 Å². The Balaban J connectivity index is 1.59. The lowest BCUT2D eigenvalue weighted by atomic mass is 10.2. The summed E-state index contributed by atoms with van der Waals surface area (Å²) in [6.45, 7) is 1.81. The molecule has 0 saturated carbocycles. The second kappa shape index (κ2) is 8.96. The number of aryl methyl sites for hydroxylation is 1.